The van der Waals surface area contributed by atoms with Crippen LogP contribution >= 0.6 is 11.8 Å². The van der Waals surface area contributed by atoms with Gasteiger partial charge in [0.05, 0.1) is 0 Å². The summed E-state index contributed by atoms with van der Waals surface area (Å²) in [5.74, 6) is -1.05. The fraction of sp³-hybridized carbons (Fsp3) is 0.375. The zero-order valence-electron chi connectivity index (χ0n) is 11.9. The lowest BCUT2D eigenvalue weighted by atomic mass is 10.1. The van der Waals surface area contributed by atoms with Crippen LogP contribution in [0.3, 0.4) is 0 Å². The molecule has 112 valence electrons. The number of hydrogen-bond acceptors (Lipinski definition) is 3. The number of rotatable bonds is 5. The lowest BCUT2D eigenvalue weighted by Gasteiger charge is -2.19. The van der Waals surface area contributed by atoms with E-state index in [-0.39, 0.29) is 11.9 Å². The maximum atomic E-state index is 12.2. The fourth-order valence-corrected chi connectivity index (χ4v) is 3.47. The molecule has 1 saturated carbocycles. The molecule has 2 N–H and O–H groups in total. The standard InChI is InChI=1S/C16H19NO3S/c1-21-14-4-2-3-13(14)17-16(20)12-8-5-11(6-9-12)7-10-15(18)19/h5-10,13-14H,2-4H2,1H3,(H,17,20)(H,18,19)/b10-7+. The van der Waals surface area contributed by atoms with Gasteiger partial charge in [-0.25, -0.2) is 4.79 Å². The van der Waals surface area contributed by atoms with Crippen LogP contribution in [0.2, 0.25) is 0 Å². The van der Waals surface area contributed by atoms with Gasteiger partial charge in [0.1, 0.15) is 0 Å². The monoisotopic (exact) mass is 305 g/mol. The van der Waals surface area contributed by atoms with Crippen molar-refractivity contribution in [3.05, 3.63) is 41.5 Å². The van der Waals surface area contributed by atoms with Gasteiger partial charge in [0.2, 0.25) is 0 Å². The molecule has 4 nitrogen and oxygen atoms in total. The summed E-state index contributed by atoms with van der Waals surface area (Å²) in [4.78, 5) is 22.7. The van der Waals surface area contributed by atoms with Crippen LogP contribution in [0.15, 0.2) is 30.3 Å². The number of hydrogen-bond donors (Lipinski definition) is 2. The SMILES string of the molecule is CSC1CCCC1NC(=O)c1ccc(/C=C/C(=O)O)cc1. The molecule has 1 aromatic rings. The second-order valence-corrected chi connectivity index (χ2v) is 6.16. The second-order valence-electron chi connectivity index (χ2n) is 5.08. The summed E-state index contributed by atoms with van der Waals surface area (Å²) < 4.78 is 0. The molecular formula is C16H19NO3S. The van der Waals surface area contributed by atoms with E-state index in [1.165, 1.54) is 6.08 Å². The van der Waals surface area contributed by atoms with Crippen LogP contribution in [0.5, 0.6) is 0 Å². The van der Waals surface area contributed by atoms with Crippen LogP contribution in [0.1, 0.15) is 35.2 Å². The van der Waals surface area contributed by atoms with Crippen molar-refractivity contribution in [3.63, 3.8) is 0 Å². The summed E-state index contributed by atoms with van der Waals surface area (Å²) in [7, 11) is 0. The van der Waals surface area contributed by atoms with Crippen LogP contribution < -0.4 is 5.32 Å². The van der Waals surface area contributed by atoms with E-state index in [0.29, 0.717) is 10.8 Å². The summed E-state index contributed by atoms with van der Waals surface area (Å²) in [5.41, 5.74) is 1.37. The molecule has 0 heterocycles. The summed E-state index contributed by atoms with van der Waals surface area (Å²) in [6.07, 6.45) is 8.03. The van der Waals surface area contributed by atoms with Crippen LogP contribution in [0, 0.1) is 0 Å². The zero-order chi connectivity index (χ0) is 15.2. The smallest absolute Gasteiger partial charge is 0.328 e. The largest absolute Gasteiger partial charge is 0.478 e. The van der Waals surface area contributed by atoms with Crippen LogP contribution in [-0.2, 0) is 4.79 Å². The Labute approximate surface area is 128 Å². The van der Waals surface area contributed by atoms with Crippen molar-refractivity contribution in [2.75, 3.05) is 6.26 Å². The van der Waals surface area contributed by atoms with Gasteiger partial charge in [0.25, 0.3) is 5.91 Å². The molecule has 0 aliphatic heterocycles. The van der Waals surface area contributed by atoms with Crippen molar-refractivity contribution < 1.29 is 14.7 Å². The molecule has 1 fully saturated rings. The maximum absolute atomic E-state index is 12.2. The normalized spacial score (nSPS) is 21.6. The van der Waals surface area contributed by atoms with E-state index in [1.807, 2.05) is 11.8 Å². The van der Waals surface area contributed by atoms with Crippen molar-refractivity contribution >= 4 is 29.7 Å². The van der Waals surface area contributed by atoms with E-state index in [9.17, 15) is 9.59 Å². The second kappa shape index (κ2) is 7.31. The Kier molecular flexibility index (Phi) is 5.44. The van der Waals surface area contributed by atoms with Crippen LogP contribution in [-0.4, -0.2) is 34.5 Å². The molecule has 0 saturated heterocycles. The molecule has 1 aromatic carbocycles. The van der Waals surface area contributed by atoms with E-state index < -0.39 is 5.97 Å². The number of thioether (sulfide) groups is 1. The van der Waals surface area contributed by atoms with Crippen molar-refractivity contribution in [1.82, 2.24) is 5.32 Å². The van der Waals surface area contributed by atoms with Crippen molar-refractivity contribution in [1.29, 1.82) is 0 Å². The molecule has 2 rings (SSSR count). The molecule has 1 amide bonds. The van der Waals surface area contributed by atoms with Gasteiger partial charge in [-0.1, -0.05) is 18.6 Å². The average molecular weight is 305 g/mol. The lowest BCUT2D eigenvalue weighted by molar-refractivity contribution is -0.131. The summed E-state index contributed by atoms with van der Waals surface area (Å²) in [5, 5.41) is 12.2. The van der Waals surface area contributed by atoms with E-state index in [4.69, 9.17) is 5.11 Å². The van der Waals surface area contributed by atoms with E-state index in [0.717, 1.165) is 30.9 Å². The minimum absolute atomic E-state index is 0.0604. The molecule has 0 radical (unpaired) electrons. The first kappa shape index (κ1) is 15.6. The Bertz CT molecular complexity index is 539. The third-order valence-electron chi connectivity index (χ3n) is 3.66. The fourth-order valence-electron chi connectivity index (χ4n) is 2.54. The molecule has 0 aromatic heterocycles. The average Bonchev–Trinajstić information content (AvgIpc) is 2.92. The predicted octanol–water partition coefficient (Wildman–Crippen LogP) is 2.80. The van der Waals surface area contributed by atoms with Gasteiger partial charge < -0.3 is 10.4 Å². The first-order chi connectivity index (χ1) is 10.1. The molecule has 5 heteroatoms. The molecule has 0 spiro atoms. The molecule has 21 heavy (non-hydrogen) atoms. The summed E-state index contributed by atoms with van der Waals surface area (Å²) in [6, 6.07) is 7.18. The van der Waals surface area contributed by atoms with Gasteiger partial charge in [-0.2, -0.15) is 11.8 Å². The minimum Gasteiger partial charge on any atom is -0.478 e. The quantitative estimate of drug-likeness (QED) is 0.821. The molecule has 2 atom stereocenters. The van der Waals surface area contributed by atoms with Gasteiger partial charge in [-0.05, 0) is 42.9 Å². The van der Waals surface area contributed by atoms with Crippen LogP contribution in [0.25, 0.3) is 6.08 Å². The highest BCUT2D eigenvalue weighted by molar-refractivity contribution is 7.99. The number of benzene rings is 1. The highest BCUT2D eigenvalue weighted by Crippen LogP contribution is 2.28. The first-order valence-corrected chi connectivity index (χ1v) is 8.23. The van der Waals surface area contributed by atoms with Gasteiger partial charge in [-0.3, -0.25) is 4.79 Å². The topological polar surface area (TPSA) is 66.4 Å². The summed E-state index contributed by atoms with van der Waals surface area (Å²) in [6.45, 7) is 0. The number of carboxylic acid groups (broad SMARTS) is 1. The van der Waals surface area contributed by atoms with E-state index >= 15 is 0 Å². The maximum Gasteiger partial charge on any atom is 0.328 e. The number of aliphatic carboxylic acids is 1. The van der Waals surface area contributed by atoms with Gasteiger partial charge in [-0.15, -0.1) is 0 Å². The van der Waals surface area contributed by atoms with Gasteiger partial charge in [0, 0.05) is 22.9 Å². The van der Waals surface area contributed by atoms with E-state index in [2.05, 4.69) is 11.6 Å². The number of carbonyl (C=O) groups excluding carboxylic acids is 1. The summed E-state index contributed by atoms with van der Waals surface area (Å²) >= 11 is 1.81. The minimum atomic E-state index is -0.985. The lowest BCUT2D eigenvalue weighted by Crippen LogP contribution is -2.38. The number of amides is 1. The molecule has 1 aliphatic rings. The zero-order valence-corrected chi connectivity index (χ0v) is 12.7. The first-order valence-electron chi connectivity index (χ1n) is 6.95. The highest BCUT2D eigenvalue weighted by Gasteiger charge is 2.27. The van der Waals surface area contributed by atoms with Crippen molar-refractivity contribution in [3.8, 4) is 0 Å². The Morgan fingerprint density at radius 1 is 1.29 bits per heavy atom. The molecular weight excluding hydrogens is 286 g/mol. The Morgan fingerprint density at radius 3 is 2.62 bits per heavy atom. The third-order valence-corrected chi connectivity index (χ3v) is 4.83. The Hall–Kier alpha value is -1.75. The van der Waals surface area contributed by atoms with E-state index in [1.54, 1.807) is 24.3 Å². The van der Waals surface area contributed by atoms with Crippen molar-refractivity contribution in [2.24, 2.45) is 0 Å². The highest BCUT2D eigenvalue weighted by atomic mass is 32.2. The Balaban J connectivity index is 1.98. The molecule has 0 bridgehead atoms. The number of nitrogens with one attached hydrogen (secondary N) is 1. The van der Waals surface area contributed by atoms with Gasteiger partial charge >= 0.3 is 5.97 Å². The van der Waals surface area contributed by atoms with Crippen LogP contribution in [0.4, 0.5) is 0 Å². The van der Waals surface area contributed by atoms with Gasteiger partial charge in [0.15, 0.2) is 0 Å². The molecule has 1 aliphatic carbocycles. The number of carboxylic acids is 1. The molecule has 2 unspecified atom stereocenters. The predicted molar refractivity (Wildman–Crippen MR) is 85.5 cm³/mol. The third kappa shape index (κ3) is 4.36. The van der Waals surface area contributed by atoms with Crippen molar-refractivity contribution in [2.45, 2.75) is 30.6 Å². The Morgan fingerprint density at radius 2 is 2.00 bits per heavy atom. The number of carbonyl (C=O) groups is 2.